The van der Waals surface area contributed by atoms with Crippen LogP contribution in [0.5, 0.6) is 11.5 Å². The Kier molecular flexibility index (Phi) is 8.38. The Morgan fingerprint density at radius 3 is 2.24 bits per heavy atom. The maximum atomic E-state index is 13.9. The molecule has 0 atom stereocenters. The summed E-state index contributed by atoms with van der Waals surface area (Å²) < 4.78 is 39.6. The SMILES string of the molecule is COc1ccc(N(CC(=O)N2CCC(Cc3ccccc3)CC2)S(=O)(=O)c2cc(C)ccc2OC)cc1. The summed E-state index contributed by atoms with van der Waals surface area (Å²) in [7, 11) is -1.12. The van der Waals surface area contributed by atoms with Crippen LogP contribution in [-0.2, 0) is 21.2 Å². The van der Waals surface area contributed by atoms with E-state index in [2.05, 4.69) is 12.1 Å². The summed E-state index contributed by atoms with van der Waals surface area (Å²) >= 11 is 0. The van der Waals surface area contributed by atoms with Gasteiger partial charge in [0, 0.05) is 13.1 Å². The van der Waals surface area contributed by atoms with Crippen molar-refractivity contribution in [2.45, 2.75) is 31.1 Å². The van der Waals surface area contributed by atoms with Gasteiger partial charge in [0.05, 0.1) is 19.9 Å². The molecule has 196 valence electrons. The van der Waals surface area contributed by atoms with Crippen LogP contribution in [0.3, 0.4) is 0 Å². The molecule has 7 nitrogen and oxygen atoms in total. The zero-order valence-electron chi connectivity index (χ0n) is 21.6. The molecule has 0 aliphatic carbocycles. The number of methoxy groups -OCH3 is 2. The van der Waals surface area contributed by atoms with Gasteiger partial charge in [-0.1, -0.05) is 36.4 Å². The number of sulfonamides is 1. The Bertz CT molecular complexity index is 1300. The highest BCUT2D eigenvalue weighted by molar-refractivity contribution is 7.93. The number of piperidine rings is 1. The molecule has 0 aromatic heterocycles. The van der Waals surface area contributed by atoms with Crippen LogP contribution in [0, 0.1) is 12.8 Å². The van der Waals surface area contributed by atoms with Crippen molar-refractivity contribution in [1.29, 1.82) is 0 Å². The van der Waals surface area contributed by atoms with E-state index in [0.717, 1.165) is 24.8 Å². The van der Waals surface area contributed by atoms with E-state index in [-0.39, 0.29) is 23.1 Å². The summed E-state index contributed by atoms with van der Waals surface area (Å²) in [4.78, 5) is 15.2. The number of hydrogen-bond acceptors (Lipinski definition) is 5. The maximum absolute atomic E-state index is 13.9. The monoisotopic (exact) mass is 522 g/mol. The Balaban J connectivity index is 1.55. The molecule has 0 radical (unpaired) electrons. The number of ether oxygens (including phenoxy) is 2. The van der Waals surface area contributed by atoms with Crippen molar-refractivity contribution in [3.05, 3.63) is 83.9 Å². The lowest BCUT2D eigenvalue weighted by atomic mass is 9.90. The predicted octanol–water partition coefficient (Wildman–Crippen LogP) is 4.69. The van der Waals surface area contributed by atoms with Gasteiger partial charge < -0.3 is 14.4 Å². The van der Waals surface area contributed by atoms with Crippen molar-refractivity contribution >= 4 is 21.6 Å². The molecule has 1 fully saturated rings. The summed E-state index contributed by atoms with van der Waals surface area (Å²) in [5.74, 6) is 1.12. The lowest BCUT2D eigenvalue weighted by Crippen LogP contribution is -2.46. The van der Waals surface area contributed by atoms with E-state index in [1.54, 1.807) is 54.5 Å². The minimum atomic E-state index is -4.10. The van der Waals surface area contributed by atoms with E-state index < -0.39 is 10.0 Å². The van der Waals surface area contributed by atoms with Crippen molar-refractivity contribution in [2.24, 2.45) is 5.92 Å². The van der Waals surface area contributed by atoms with E-state index in [4.69, 9.17) is 9.47 Å². The zero-order valence-corrected chi connectivity index (χ0v) is 22.4. The first-order valence-electron chi connectivity index (χ1n) is 12.4. The average Bonchev–Trinajstić information content (AvgIpc) is 2.92. The molecule has 0 unspecified atom stereocenters. The van der Waals surface area contributed by atoms with Crippen molar-refractivity contribution in [1.82, 2.24) is 4.90 Å². The molecule has 3 aromatic rings. The van der Waals surface area contributed by atoms with Gasteiger partial charge in [-0.2, -0.15) is 0 Å². The highest BCUT2D eigenvalue weighted by Crippen LogP contribution is 2.32. The van der Waals surface area contributed by atoms with E-state index in [9.17, 15) is 13.2 Å². The summed E-state index contributed by atoms with van der Waals surface area (Å²) in [6, 6.07) is 22.0. The van der Waals surface area contributed by atoms with Crippen molar-refractivity contribution in [2.75, 3.05) is 38.2 Å². The summed E-state index contributed by atoms with van der Waals surface area (Å²) in [6.07, 6.45) is 2.77. The number of benzene rings is 3. The minimum Gasteiger partial charge on any atom is -0.497 e. The highest BCUT2D eigenvalue weighted by atomic mass is 32.2. The maximum Gasteiger partial charge on any atom is 0.268 e. The second-order valence-corrected chi connectivity index (χ2v) is 11.2. The van der Waals surface area contributed by atoms with Crippen molar-refractivity contribution in [3.8, 4) is 11.5 Å². The Hall–Kier alpha value is -3.52. The number of amides is 1. The van der Waals surface area contributed by atoms with Gasteiger partial charge in [-0.3, -0.25) is 9.10 Å². The van der Waals surface area contributed by atoms with Crippen LogP contribution in [0.1, 0.15) is 24.0 Å². The van der Waals surface area contributed by atoms with Gasteiger partial charge in [0.2, 0.25) is 5.91 Å². The molecule has 1 heterocycles. The molecule has 0 N–H and O–H groups in total. The smallest absolute Gasteiger partial charge is 0.268 e. The molecule has 1 saturated heterocycles. The fraction of sp³-hybridized carbons (Fsp3) is 0.345. The summed E-state index contributed by atoms with van der Waals surface area (Å²) in [6.45, 7) is 2.75. The van der Waals surface area contributed by atoms with Crippen LogP contribution < -0.4 is 13.8 Å². The number of aryl methyl sites for hydroxylation is 1. The fourth-order valence-electron chi connectivity index (χ4n) is 4.72. The van der Waals surface area contributed by atoms with Gasteiger partial charge in [-0.05, 0) is 79.6 Å². The largest absolute Gasteiger partial charge is 0.497 e. The second kappa shape index (κ2) is 11.7. The van der Waals surface area contributed by atoms with Gasteiger partial charge in [0.1, 0.15) is 22.9 Å². The van der Waals surface area contributed by atoms with E-state index in [0.29, 0.717) is 30.4 Å². The Morgan fingerprint density at radius 1 is 0.946 bits per heavy atom. The first-order chi connectivity index (χ1) is 17.8. The summed E-state index contributed by atoms with van der Waals surface area (Å²) in [5, 5.41) is 0. The summed E-state index contributed by atoms with van der Waals surface area (Å²) in [5.41, 5.74) is 2.47. The molecule has 37 heavy (non-hydrogen) atoms. The van der Waals surface area contributed by atoms with Crippen LogP contribution in [0.25, 0.3) is 0 Å². The number of anilines is 1. The average molecular weight is 523 g/mol. The first kappa shape index (κ1) is 26.5. The molecule has 0 spiro atoms. The number of rotatable bonds is 9. The standard InChI is InChI=1S/C29H34N2O5S/c1-22-9-14-27(36-3)28(19-22)37(33,34)31(25-10-12-26(35-2)13-11-25)21-29(32)30-17-15-24(16-18-30)20-23-7-5-4-6-8-23/h4-14,19,24H,15-18,20-21H2,1-3H3. The predicted molar refractivity (Wildman–Crippen MR) is 145 cm³/mol. The lowest BCUT2D eigenvalue weighted by Gasteiger charge is -2.34. The number of hydrogen-bond donors (Lipinski definition) is 0. The highest BCUT2D eigenvalue weighted by Gasteiger charge is 2.32. The number of carbonyl (C=O) groups is 1. The van der Waals surface area contributed by atoms with Gasteiger partial charge in [0.25, 0.3) is 10.0 Å². The fourth-order valence-corrected chi connectivity index (χ4v) is 6.38. The van der Waals surface area contributed by atoms with Gasteiger partial charge in [-0.15, -0.1) is 0 Å². The van der Waals surface area contributed by atoms with Crippen molar-refractivity contribution in [3.63, 3.8) is 0 Å². The van der Waals surface area contributed by atoms with Crippen LogP contribution >= 0.6 is 0 Å². The molecule has 0 saturated carbocycles. The molecule has 4 rings (SSSR count). The number of carbonyl (C=O) groups excluding carboxylic acids is 1. The Morgan fingerprint density at radius 2 is 1.62 bits per heavy atom. The van der Waals surface area contributed by atoms with E-state index in [1.807, 2.05) is 25.1 Å². The number of likely N-dealkylation sites (tertiary alicyclic amines) is 1. The molecule has 0 bridgehead atoms. The van der Waals surface area contributed by atoms with Gasteiger partial charge in [0.15, 0.2) is 0 Å². The molecule has 1 aliphatic heterocycles. The normalized spacial score (nSPS) is 14.3. The van der Waals surface area contributed by atoms with Crippen LogP contribution in [0.2, 0.25) is 0 Å². The molecule has 1 amide bonds. The molecular formula is C29H34N2O5S. The third-order valence-corrected chi connectivity index (χ3v) is 8.66. The van der Waals surface area contributed by atoms with E-state index >= 15 is 0 Å². The quantitative estimate of drug-likeness (QED) is 0.408. The minimum absolute atomic E-state index is 0.0280. The second-order valence-electron chi connectivity index (χ2n) is 9.38. The zero-order chi connectivity index (χ0) is 26.4. The molecule has 1 aliphatic rings. The van der Waals surface area contributed by atoms with Gasteiger partial charge >= 0.3 is 0 Å². The van der Waals surface area contributed by atoms with Crippen LogP contribution in [0.4, 0.5) is 5.69 Å². The lowest BCUT2D eigenvalue weighted by molar-refractivity contribution is -0.130. The molecule has 8 heteroatoms. The number of nitrogens with zero attached hydrogens (tertiary/aromatic N) is 2. The third-order valence-electron chi connectivity index (χ3n) is 6.86. The van der Waals surface area contributed by atoms with Crippen LogP contribution in [-0.4, -0.2) is 53.1 Å². The topological polar surface area (TPSA) is 76.2 Å². The van der Waals surface area contributed by atoms with E-state index in [1.165, 1.54) is 17.0 Å². The Labute approximate surface area is 219 Å². The van der Waals surface area contributed by atoms with Gasteiger partial charge in [-0.25, -0.2) is 8.42 Å². The first-order valence-corrected chi connectivity index (χ1v) is 13.9. The molecule has 3 aromatic carbocycles. The molecular weight excluding hydrogens is 488 g/mol. The third kappa shape index (κ3) is 6.25. The van der Waals surface area contributed by atoms with Crippen LogP contribution in [0.15, 0.2) is 77.7 Å². The van der Waals surface area contributed by atoms with Crippen molar-refractivity contribution < 1.29 is 22.7 Å².